The number of nitrogens with zero attached hydrogens (tertiary/aromatic N) is 1. The van der Waals surface area contributed by atoms with Crippen LogP contribution in [0.4, 0.5) is 13.2 Å². The van der Waals surface area contributed by atoms with E-state index in [1.54, 1.807) is 31.4 Å². The maximum Gasteiger partial charge on any atom is 0.417 e. The largest absolute Gasteiger partial charge is 0.498 e. The van der Waals surface area contributed by atoms with Crippen molar-refractivity contribution in [1.29, 1.82) is 0 Å². The van der Waals surface area contributed by atoms with Crippen LogP contribution < -0.4 is 4.74 Å². The second kappa shape index (κ2) is 13.5. The molecule has 9 heteroatoms. The summed E-state index contributed by atoms with van der Waals surface area (Å²) in [6.07, 6.45) is 2.86. The fourth-order valence-corrected chi connectivity index (χ4v) is 4.70. The van der Waals surface area contributed by atoms with Crippen LogP contribution in [0.5, 0.6) is 5.75 Å². The predicted molar refractivity (Wildman–Crippen MR) is 141 cm³/mol. The molecule has 1 atom stereocenters. The van der Waals surface area contributed by atoms with Gasteiger partial charge in [0.2, 0.25) is 0 Å². The van der Waals surface area contributed by atoms with Gasteiger partial charge >= 0.3 is 12.1 Å². The molecule has 38 heavy (non-hydrogen) atoms. The van der Waals surface area contributed by atoms with Crippen LogP contribution in [0.2, 0.25) is 5.02 Å². The van der Waals surface area contributed by atoms with Crippen LogP contribution in [0.1, 0.15) is 42.4 Å². The molecule has 0 saturated heterocycles. The average molecular weight is 550 g/mol. The maximum atomic E-state index is 13.4. The highest BCUT2D eigenvalue weighted by molar-refractivity contribution is 6.32. The van der Waals surface area contributed by atoms with Crippen molar-refractivity contribution in [3.05, 3.63) is 99.8 Å². The Balaban J connectivity index is 1.71. The predicted octanol–water partition coefficient (Wildman–Crippen LogP) is 7.23. The third kappa shape index (κ3) is 8.39. The third-order valence-corrected chi connectivity index (χ3v) is 6.61. The van der Waals surface area contributed by atoms with Gasteiger partial charge in [-0.05, 0) is 47.2 Å². The minimum atomic E-state index is -4.54. The summed E-state index contributed by atoms with van der Waals surface area (Å²) in [4.78, 5) is 13.0. The van der Waals surface area contributed by atoms with Gasteiger partial charge in [-0.15, -0.1) is 0 Å². The number of rotatable bonds is 12. The van der Waals surface area contributed by atoms with E-state index >= 15 is 0 Å². The quantitative estimate of drug-likeness (QED) is 0.223. The van der Waals surface area contributed by atoms with Crippen LogP contribution in [-0.4, -0.2) is 42.8 Å². The van der Waals surface area contributed by atoms with Gasteiger partial charge in [-0.25, -0.2) is 4.79 Å². The molecule has 0 amide bonds. The highest BCUT2D eigenvalue weighted by Gasteiger charge is 2.34. The van der Waals surface area contributed by atoms with E-state index in [9.17, 15) is 18.0 Å². The first-order valence-electron chi connectivity index (χ1n) is 12.2. The second-order valence-electron chi connectivity index (χ2n) is 9.08. The third-order valence-electron chi connectivity index (χ3n) is 6.17. The topological polar surface area (TPSA) is 59.0 Å². The molecule has 5 nitrogen and oxygen atoms in total. The molecule has 0 spiro atoms. The van der Waals surface area contributed by atoms with E-state index in [0.29, 0.717) is 49.4 Å². The molecule has 0 bridgehead atoms. The molecular weight excluding hydrogens is 519 g/mol. The molecule has 2 aromatic carbocycles. The van der Waals surface area contributed by atoms with Crippen LogP contribution in [0.25, 0.3) is 0 Å². The van der Waals surface area contributed by atoms with Crippen molar-refractivity contribution in [2.24, 2.45) is 0 Å². The van der Waals surface area contributed by atoms with Gasteiger partial charge < -0.3 is 14.6 Å². The molecule has 1 unspecified atom stereocenters. The van der Waals surface area contributed by atoms with Crippen molar-refractivity contribution in [2.75, 3.05) is 26.8 Å². The number of alkyl halides is 3. The Morgan fingerprint density at radius 2 is 1.97 bits per heavy atom. The minimum absolute atomic E-state index is 0.0338. The van der Waals surface area contributed by atoms with Crippen LogP contribution in [-0.2, 0) is 22.3 Å². The molecule has 0 aliphatic heterocycles. The summed E-state index contributed by atoms with van der Waals surface area (Å²) in [5, 5.41) is 8.67. The molecule has 1 N–H and O–H groups in total. The number of hydrogen-bond donors (Lipinski definition) is 1. The summed E-state index contributed by atoms with van der Waals surface area (Å²) in [5.74, 6) is 0.434. The van der Waals surface area contributed by atoms with Gasteiger partial charge in [0.05, 0.1) is 24.3 Å². The van der Waals surface area contributed by atoms with E-state index in [1.165, 1.54) is 6.07 Å². The van der Waals surface area contributed by atoms with Crippen molar-refractivity contribution >= 4 is 17.6 Å². The van der Waals surface area contributed by atoms with Crippen molar-refractivity contribution in [2.45, 2.75) is 38.4 Å². The molecule has 1 aliphatic carbocycles. The van der Waals surface area contributed by atoms with Crippen molar-refractivity contribution in [1.82, 2.24) is 4.90 Å². The van der Waals surface area contributed by atoms with E-state index in [0.717, 1.165) is 23.5 Å². The molecule has 0 radical (unpaired) electrons. The molecule has 0 saturated carbocycles. The summed E-state index contributed by atoms with van der Waals surface area (Å²) in [6, 6.07) is 11.7. The highest BCUT2D eigenvalue weighted by atomic mass is 35.5. The first kappa shape index (κ1) is 29.3. The smallest absolute Gasteiger partial charge is 0.417 e. The molecule has 3 rings (SSSR count). The zero-order chi connectivity index (χ0) is 27.7. The maximum absolute atomic E-state index is 13.4. The summed E-state index contributed by atoms with van der Waals surface area (Å²) in [6.45, 7) is 3.76. The van der Waals surface area contributed by atoms with Gasteiger partial charge in [-0.2, -0.15) is 13.2 Å². The van der Waals surface area contributed by atoms with Gasteiger partial charge in [0.1, 0.15) is 11.5 Å². The lowest BCUT2D eigenvalue weighted by Crippen LogP contribution is -2.30. The molecular formula is C29H31ClF3NO4. The van der Waals surface area contributed by atoms with E-state index in [1.807, 2.05) is 31.2 Å². The Morgan fingerprint density at radius 1 is 1.21 bits per heavy atom. The van der Waals surface area contributed by atoms with Crippen LogP contribution in [0.15, 0.2) is 78.1 Å². The summed E-state index contributed by atoms with van der Waals surface area (Å²) in [7, 11) is 1.61. The van der Waals surface area contributed by atoms with E-state index in [4.69, 9.17) is 26.2 Å². The number of aliphatic carboxylic acids is 1. The summed E-state index contributed by atoms with van der Waals surface area (Å²) in [5.41, 5.74) is 1.20. The zero-order valence-corrected chi connectivity index (χ0v) is 22.1. The van der Waals surface area contributed by atoms with Crippen LogP contribution >= 0.6 is 11.6 Å². The molecule has 204 valence electrons. The Hall–Kier alpha value is -3.23. The van der Waals surface area contributed by atoms with Gasteiger partial charge in [-0.3, -0.25) is 4.90 Å². The van der Waals surface area contributed by atoms with Crippen LogP contribution in [0.3, 0.4) is 0 Å². The number of ether oxygens (including phenoxy) is 2. The number of carboxylic acid groups (broad SMARTS) is 1. The first-order chi connectivity index (χ1) is 18.1. The van der Waals surface area contributed by atoms with Crippen molar-refractivity contribution in [3.63, 3.8) is 0 Å². The van der Waals surface area contributed by atoms with Crippen LogP contribution in [0, 0.1) is 0 Å². The van der Waals surface area contributed by atoms with Gasteiger partial charge in [0.25, 0.3) is 0 Å². The Morgan fingerprint density at radius 3 is 2.68 bits per heavy atom. The Kier molecular flexibility index (Phi) is 10.4. The van der Waals surface area contributed by atoms with Gasteiger partial charge in [0.15, 0.2) is 0 Å². The van der Waals surface area contributed by atoms with E-state index < -0.39 is 17.7 Å². The van der Waals surface area contributed by atoms with Gasteiger partial charge in [-0.1, -0.05) is 61.0 Å². The molecule has 0 aromatic heterocycles. The fraction of sp³-hybridized carbons (Fsp3) is 0.345. The second-order valence-corrected chi connectivity index (χ2v) is 9.46. The fourth-order valence-electron chi connectivity index (χ4n) is 4.40. The lowest BCUT2D eigenvalue weighted by atomic mass is 9.99. The number of carboxylic acids is 1. The minimum Gasteiger partial charge on any atom is -0.498 e. The SMILES string of the molecule is COc1ccccc1C(C)CN(CCCOC1=CC=C/C(=C\C(=O)O)C1)Cc1cccc(C(F)(F)F)c1Cl. The van der Waals surface area contributed by atoms with Crippen molar-refractivity contribution < 1.29 is 32.5 Å². The number of hydrogen-bond acceptors (Lipinski definition) is 4. The summed E-state index contributed by atoms with van der Waals surface area (Å²) >= 11 is 6.20. The Labute approximate surface area is 225 Å². The van der Waals surface area contributed by atoms with E-state index in [2.05, 4.69) is 4.90 Å². The van der Waals surface area contributed by atoms with Crippen molar-refractivity contribution in [3.8, 4) is 5.75 Å². The number of halogens is 4. The summed E-state index contributed by atoms with van der Waals surface area (Å²) < 4.78 is 51.6. The number of methoxy groups -OCH3 is 1. The molecule has 0 heterocycles. The number of benzene rings is 2. The van der Waals surface area contributed by atoms with Gasteiger partial charge in [0, 0.05) is 32.1 Å². The number of allylic oxidation sites excluding steroid dienone is 4. The number of carbonyl (C=O) groups is 1. The Bertz CT molecular complexity index is 1210. The average Bonchev–Trinajstić information content (AvgIpc) is 2.86. The molecule has 0 fully saturated rings. The first-order valence-corrected chi connectivity index (χ1v) is 12.6. The number of para-hydroxylation sites is 1. The monoisotopic (exact) mass is 549 g/mol. The molecule has 2 aromatic rings. The lowest BCUT2D eigenvalue weighted by Gasteiger charge is -2.28. The van der Waals surface area contributed by atoms with E-state index in [-0.39, 0.29) is 17.5 Å². The highest BCUT2D eigenvalue weighted by Crippen LogP contribution is 2.37. The molecule has 1 aliphatic rings. The zero-order valence-electron chi connectivity index (χ0n) is 21.3. The standard InChI is InChI=1S/C29H31ClF3NO4/c1-20(24-11-3-4-13-26(24)37-2)18-34(19-22-9-6-12-25(28(22)30)29(31,32)33)14-7-15-38-23-10-5-8-21(16-23)17-27(35)36/h3-6,8-13,17,20H,7,14-16,18-19H2,1-2H3,(H,35,36)/b21-17+. The lowest BCUT2D eigenvalue weighted by molar-refractivity contribution is -0.137. The normalized spacial score (nSPS) is 15.4.